The second-order valence-corrected chi connectivity index (χ2v) is 4.65. The SMILES string of the molecule is CC(C)NC(=O)CCNc1nnnn1-c1ccccc1. The number of anilines is 1. The maximum atomic E-state index is 11.5. The number of nitrogens with one attached hydrogen (secondary N) is 2. The van der Waals surface area contributed by atoms with E-state index in [0.717, 1.165) is 5.69 Å². The zero-order valence-corrected chi connectivity index (χ0v) is 11.6. The van der Waals surface area contributed by atoms with E-state index < -0.39 is 0 Å². The van der Waals surface area contributed by atoms with Gasteiger partial charge in [0.2, 0.25) is 11.9 Å². The van der Waals surface area contributed by atoms with Crippen molar-refractivity contribution in [1.82, 2.24) is 25.5 Å². The Balaban J connectivity index is 1.92. The van der Waals surface area contributed by atoms with E-state index in [2.05, 4.69) is 26.2 Å². The van der Waals surface area contributed by atoms with Crippen molar-refractivity contribution in [1.29, 1.82) is 0 Å². The summed E-state index contributed by atoms with van der Waals surface area (Å²) < 4.78 is 1.60. The first kappa shape index (κ1) is 14.0. The number of aromatic nitrogens is 4. The van der Waals surface area contributed by atoms with Crippen LogP contribution in [-0.2, 0) is 4.79 Å². The molecule has 0 aliphatic rings. The van der Waals surface area contributed by atoms with E-state index in [-0.39, 0.29) is 11.9 Å². The summed E-state index contributed by atoms with van der Waals surface area (Å²) in [5, 5.41) is 17.4. The smallest absolute Gasteiger partial charge is 0.247 e. The molecule has 0 radical (unpaired) electrons. The fourth-order valence-corrected chi connectivity index (χ4v) is 1.72. The Hall–Kier alpha value is -2.44. The van der Waals surface area contributed by atoms with Crippen molar-refractivity contribution in [3.05, 3.63) is 30.3 Å². The van der Waals surface area contributed by atoms with Gasteiger partial charge in [-0.15, -0.1) is 0 Å². The zero-order valence-electron chi connectivity index (χ0n) is 11.6. The highest BCUT2D eigenvalue weighted by Crippen LogP contribution is 2.10. The second kappa shape index (κ2) is 6.65. The normalized spacial score (nSPS) is 10.6. The molecule has 0 aliphatic heterocycles. The third kappa shape index (κ3) is 3.78. The van der Waals surface area contributed by atoms with Crippen LogP contribution < -0.4 is 10.6 Å². The summed E-state index contributed by atoms with van der Waals surface area (Å²) in [7, 11) is 0. The van der Waals surface area contributed by atoms with Gasteiger partial charge in [0.15, 0.2) is 0 Å². The topological polar surface area (TPSA) is 84.7 Å². The molecule has 1 amide bonds. The minimum atomic E-state index is 0.00577. The van der Waals surface area contributed by atoms with Crippen LogP contribution in [0.3, 0.4) is 0 Å². The highest BCUT2D eigenvalue weighted by atomic mass is 16.1. The van der Waals surface area contributed by atoms with Crippen molar-refractivity contribution in [3.8, 4) is 5.69 Å². The molecule has 20 heavy (non-hydrogen) atoms. The number of benzene rings is 1. The molecular formula is C13H18N6O. The molecule has 7 heteroatoms. The molecule has 0 unspecified atom stereocenters. The van der Waals surface area contributed by atoms with Crippen LogP contribution in [0.1, 0.15) is 20.3 Å². The first-order valence-corrected chi connectivity index (χ1v) is 6.54. The van der Waals surface area contributed by atoms with E-state index in [1.807, 2.05) is 44.2 Å². The summed E-state index contributed by atoms with van der Waals surface area (Å²) >= 11 is 0. The number of nitrogens with zero attached hydrogens (tertiary/aromatic N) is 4. The van der Waals surface area contributed by atoms with Crippen molar-refractivity contribution in [2.75, 3.05) is 11.9 Å². The monoisotopic (exact) mass is 274 g/mol. The molecule has 0 bridgehead atoms. The van der Waals surface area contributed by atoms with Gasteiger partial charge in [-0.3, -0.25) is 4.79 Å². The fourth-order valence-electron chi connectivity index (χ4n) is 1.72. The molecule has 1 aromatic carbocycles. The summed E-state index contributed by atoms with van der Waals surface area (Å²) in [4.78, 5) is 11.5. The molecule has 1 heterocycles. The van der Waals surface area contributed by atoms with Gasteiger partial charge in [-0.1, -0.05) is 23.3 Å². The van der Waals surface area contributed by atoms with Gasteiger partial charge in [-0.05, 0) is 36.4 Å². The average Bonchev–Trinajstić information content (AvgIpc) is 2.87. The molecule has 1 aromatic heterocycles. The van der Waals surface area contributed by atoms with Gasteiger partial charge in [-0.2, -0.15) is 4.68 Å². The molecular weight excluding hydrogens is 256 g/mol. The summed E-state index contributed by atoms with van der Waals surface area (Å²) in [5.74, 6) is 0.528. The molecule has 106 valence electrons. The Morgan fingerprint density at radius 2 is 2.05 bits per heavy atom. The molecule has 7 nitrogen and oxygen atoms in total. The zero-order chi connectivity index (χ0) is 14.4. The number of para-hydroxylation sites is 1. The Morgan fingerprint density at radius 1 is 1.30 bits per heavy atom. The van der Waals surface area contributed by atoms with Gasteiger partial charge >= 0.3 is 0 Å². The van der Waals surface area contributed by atoms with Crippen LogP contribution in [0.15, 0.2) is 30.3 Å². The third-order valence-corrected chi connectivity index (χ3v) is 2.56. The first-order valence-electron chi connectivity index (χ1n) is 6.54. The number of hydrogen-bond acceptors (Lipinski definition) is 5. The van der Waals surface area contributed by atoms with E-state index >= 15 is 0 Å². The van der Waals surface area contributed by atoms with Gasteiger partial charge in [0.05, 0.1) is 5.69 Å². The summed E-state index contributed by atoms with van der Waals surface area (Å²) in [6.07, 6.45) is 0.375. The molecule has 0 atom stereocenters. The van der Waals surface area contributed by atoms with E-state index in [9.17, 15) is 4.79 Å². The van der Waals surface area contributed by atoms with Crippen LogP contribution in [0.5, 0.6) is 0 Å². The number of tetrazole rings is 1. The number of amides is 1. The molecule has 0 spiro atoms. The lowest BCUT2D eigenvalue weighted by Gasteiger charge is -2.09. The van der Waals surface area contributed by atoms with Crippen molar-refractivity contribution >= 4 is 11.9 Å². The maximum absolute atomic E-state index is 11.5. The Morgan fingerprint density at radius 3 is 2.75 bits per heavy atom. The highest BCUT2D eigenvalue weighted by molar-refractivity contribution is 5.76. The van der Waals surface area contributed by atoms with Crippen LogP contribution in [0.4, 0.5) is 5.95 Å². The molecule has 0 saturated heterocycles. The minimum absolute atomic E-state index is 0.00577. The second-order valence-electron chi connectivity index (χ2n) is 4.65. The quantitative estimate of drug-likeness (QED) is 0.820. The van der Waals surface area contributed by atoms with Crippen molar-refractivity contribution in [3.63, 3.8) is 0 Å². The Labute approximate surface area is 117 Å². The van der Waals surface area contributed by atoms with E-state index in [0.29, 0.717) is 18.9 Å². The largest absolute Gasteiger partial charge is 0.354 e. The highest BCUT2D eigenvalue weighted by Gasteiger charge is 2.08. The number of carbonyl (C=O) groups is 1. The predicted octanol–water partition coefficient (Wildman–Crippen LogP) is 0.989. The average molecular weight is 274 g/mol. The number of rotatable bonds is 6. The lowest BCUT2D eigenvalue weighted by atomic mass is 10.3. The van der Waals surface area contributed by atoms with Crippen molar-refractivity contribution < 1.29 is 4.79 Å². The Bertz CT molecular complexity index is 551. The molecule has 2 aromatic rings. The fraction of sp³-hybridized carbons (Fsp3) is 0.385. The van der Waals surface area contributed by atoms with Gasteiger partial charge in [0.25, 0.3) is 0 Å². The van der Waals surface area contributed by atoms with E-state index in [1.165, 1.54) is 0 Å². The van der Waals surface area contributed by atoms with E-state index in [4.69, 9.17) is 0 Å². The number of hydrogen-bond donors (Lipinski definition) is 2. The Kier molecular flexibility index (Phi) is 4.65. The van der Waals surface area contributed by atoms with Gasteiger partial charge in [0, 0.05) is 19.0 Å². The first-order chi connectivity index (χ1) is 9.66. The van der Waals surface area contributed by atoms with Gasteiger partial charge in [-0.25, -0.2) is 0 Å². The third-order valence-electron chi connectivity index (χ3n) is 2.56. The van der Waals surface area contributed by atoms with Crippen LogP contribution in [0.2, 0.25) is 0 Å². The van der Waals surface area contributed by atoms with E-state index in [1.54, 1.807) is 4.68 Å². The van der Waals surface area contributed by atoms with Crippen molar-refractivity contribution in [2.45, 2.75) is 26.3 Å². The van der Waals surface area contributed by atoms with Crippen LogP contribution in [0, 0.1) is 0 Å². The van der Waals surface area contributed by atoms with Gasteiger partial charge < -0.3 is 10.6 Å². The maximum Gasteiger partial charge on any atom is 0.247 e. The van der Waals surface area contributed by atoms with Crippen LogP contribution in [0.25, 0.3) is 5.69 Å². The lowest BCUT2D eigenvalue weighted by molar-refractivity contribution is -0.121. The number of carbonyl (C=O) groups excluding carboxylic acids is 1. The molecule has 0 fully saturated rings. The molecule has 0 aliphatic carbocycles. The van der Waals surface area contributed by atoms with Crippen LogP contribution >= 0.6 is 0 Å². The molecule has 2 N–H and O–H groups in total. The lowest BCUT2D eigenvalue weighted by Crippen LogP contribution is -2.31. The van der Waals surface area contributed by atoms with Gasteiger partial charge in [0.1, 0.15) is 0 Å². The summed E-state index contributed by atoms with van der Waals surface area (Å²) in [6, 6.07) is 9.72. The molecule has 2 rings (SSSR count). The summed E-state index contributed by atoms with van der Waals surface area (Å²) in [5.41, 5.74) is 0.867. The minimum Gasteiger partial charge on any atom is -0.354 e. The van der Waals surface area contributed by atoms with Crippen molar-refractivity contribution in [2.24, 2.45) is 0 Å². The molecule has 0 saturated carbocycles. The predicted molar refractivity (Wildman–Crippen MR) is 75.5 cm³/mol. The standard InChI is InChI=1S/C13H18N6O/c1-10(2)15-12(20)8-9-14-13-16-17-18-19(13)11-6-4-3-5-7-11/h3-7,10H,8-9H2,1-2H3,(H,15,20)(H,14,16,18). The summed E-state index contributed by atoms with van der Waals surface area (Å²) in [6.45, 7) is 4.34. The van der Waals surface area contributed by atoms with Crippen LogP contribution in [-0.4, -0.2) is 38.7 Å².